The van der Waals surface area contributed by atoms with E-state index >= 15 is 0 Å². The zero-order valence-corrected chi connectivity index (χ0v) is 11.8. The van der Waals surface area contributed by atoms with Crippen molar-refractivity contribution in [2.75, 3.05) is 6.61 Å². The van der Waals surface area contributed by atoms with E-state index in [1.165, 1.54) is 12.1 Å². The lowest BCUT2D eigenvalue weighted by atomic mass is 10.1. The second-order valence-corrected chi connectivity index (χ2v) is 4.98. The summed E-state index contributed by atoms with van der Waals surface area (Å²) in [5.74, 6) is 0.216. The number of ketones is 1. The minimum absolute atomic E-state index is 0.0292. The van der Waals surface area contributed by atoms with Gasteiger partial charge in [0, 0.05) is 11.4 Å². The highest BCUT2D eigenvalue weighted by atomic mass is 35.5. The van der Waals surface area contributed by atoms with Crippen LogP contribution in [0.3, 0.4) is 0 Å². The molecular formula is C16H14ClFO2. The quantitative estimate of drug-likeness (QED) is 0.833. The van der Waals surface area contributed by atoms with Crippen molar-refractivity contribution in [2.24, 2.45) is 0 Å². The third-order valence-corrected chi connectivity index (χ3v) is 3.09. The molecule has 2 aromatic carbocycles. The van der Waals surface area contributed by atoms with Gasteiger partial charge in [-0.05, 0) is 42.3 Å². The van der Waals surface area contributed by atoms with E-state index in [4.69, 9.17) is 16.3 Å². The van der Waals surface area contributed by atoms with Gasteiger partial charge in [0.25, 0.3) is 0 Å². The number of benzene rings is 2. The van der Waals surface area contributed by atoms with Gasteiger partial charge in [-0.25, -0.2) is 4.39 Å². The maximum atomic E-state index is 12.8. The number of ether oxygens (including phenoxy) is 1. The first-order valence-corrected chi connectivity index (χ1v) is 6.57. The average molecular weight is 293 g/mol. The third kappa shape index (κ3) is 4.07. The van der Waals surface area contributed by atoms with Gasteiger partial charge in [-0.15, -0.1) is 0 Å². The van der Waals surface area contributed by atoms with Gasteiger partial charge < -0.3 is 4.74 Å². The van der Waals surface area contributed by atoms with Gasteiger partial charge in [0.1, 0.15) is 18.2 Å². The van der Waals surface area contributed by atoms with Crippen molar-refractivity contribution < 1.29 is 13.9 Å². The molecule has 2 nitrogen and oxygen atoms in total. The van der Waals surface area contributed by atoms with Crippen LogP contribution in [-0.2, 0) is 11.2 Å². The van der Waals surface area contributed by atoms with E-state index in [0.717, 1.165) is 11.1 Å². The molecule has 0 heterocycles. The summed E-state index contributed by atoms with van der Waals surface area (Å²) in [5, 5.41) is 0.566. The van der Waals surface area contributed by atoms with Crippen LogP contribution in [0.25, 0.3) is 0 Å². The molecule has 2 aromatic rings. The lowest BCUT2D eigenvalue weighted by Crippen LogP contribution is -2.14. The highest BCUT2D eigenvalue weighted by Gasteiger charge is 2.07. The van der Waals surface area contributed by atoms with Crippen molar-refractivity contribution in [3.63, 3.8) is 0 Å². The van der Waals surface area contributed by atoms with Gasteiger partial charge in [0.15, 0.2) is 5.78 Å². The minimum atomic E-state index is -0.313. The maximum Gasteiger partial charge on any atom is 0.174 e. The zero-order valence-electron chi connectivity index (χ0n) is 11.0. The molecule has 0 saturated carbocycles. The monoisotopic (exact) mass is 292 g/mol. The number of hydrogen-bond donors (Lipinski definition) is 0. The summed E-state index contributed by atoms with van der Waals surface area (Å²) in [7, 11) is 0. The first-order chi connectivity index (χ1) is 9.54. The van der Waals surface area contributed by atoms with Crippen LogP contribution in [0.4, 0.5) is 4.39 Å². The molecule has 0 aliphatic heterocycles. The number of aryl methyl sites for hydroxylation is 1. The molecule has 20 heavy (non-hydrogen) atoms. The van der Waals surface area contributed by atoms with Crippen LogP contribution in [0.1, 0.15) is 11.1 Å². The van der Waals surface area contributed by atoms with Crippen molar-refractivity contribution in [3.8, 4) is 5.75 Å². The van der Waals surface area contributed by atoms with Gasteiger partial charge in [0.2, 0.25) is 0 Å². The molecule has 2 rings (SSSR count). The molecule has 0 spiro atoms. The number of halogens is 2. The molecule has 104 valence electrons. The highest BCUT2D eigenvalue weighted by molar-refractivity contribution is 6.30. The fraction of sp³-hybridized carbons (Fsp3) is 0.188. The van der Waals surface area contributed by atoms with Crippen LogP contribution in [0.15, 0.2) is 42.5 Å². The molecule has 0 aliphatic rings. The lowest BCUT2D eigenvalue weighted by molar-refractivity contribution is -0.120. The summed E-state index contributed by atoms with van der Waals surface area (Å²) >= 11 is 5.88. The van der Waals surface area contributed by atoms with Crippen molar-refractivity contribution in [1.82, 2.24) is 0 Å². The number of hydrogen-bond acceptors (Lipinski definition) is 2. The van der Waals surface area contributed by atoms with Gasteiger partial charge in [-0.2, -0.15) is 0 Å². The van der Waals surface area contributed by atoms with E-state index in [0.29, 0.717) is 10.8 Å². The van der Waals surface area contributed by atoms with Gasteiger partial charge in [-0.3, -0.25) is 4.79 Å². The summed E-state index contributed by atoms with van der Waals surface area (Å²) in [5.41, 5.74) is 1.69. The average Bonchev–Trinajstić information content (AvgIpc) is 2.42. The lowest BCUT2D eigenvalue weighted by Gasteiger charge is -2.09. The molecular weight excluding hydrogens is 279 g/mol. The molecule has 0 radical (unpaired) electrons. The Morgan fingerprint density at radius 3 is 2.60 bits per heavy atom. The normalized spacial score (nSPS) is 10.3. The second-order valence-electron chi connectivity index (χ2n) is 4.54. The Morgan fingerprint density at radius 2 is 1.90 bits per heavy atom. The van der Waals surface area contributed by atoms with E-state index in [-0.39, 0.29) is 24.6 Å². The number of carbonyl (C=O) groups is 1. The molecule has 0 unspecified atom stereocenters. The van der Waals surface area contributed by atoms with Gasteiger partial charge in [0.05, 0.1) is 0 Å². The maximum absolute atomic E-state index is 12.8. The Balaban J connectivity index is 1.92. The van der Waals surface area contributed by atoms with E-state index in [1.807, 2.05) is 13.0 Å². The summed E-state index contributed by atoms with van der Waals surface area (Å²) in [4.78, 5) is 11.8. The Kier molecular flexibility index (Phi) is 4.74. The van der Waals surface area contributed by atoms with E-state index in [9.17, 15) is 9.18 Å². The number of rotatable bonds is 5. The molecule has 0 bridgehead atoms. The Morgan fingerprint density at radius 1 is 1.20 bits per heavy atom. The van der Waals surface area contributed by atoms with Crippen molar-refractivity contribution in [3.05, 3.63) is 64.4 Å². The fourth-order valence-corrected chi connectivity index (χ4v) is 1.93. The van der Waals surface area contributed by atoms with Crippen LogP contribution in [-0.4, -0.2) is 12.4 Å². The van der Waals surface area contributed by atoms with Crippen LogP contribution < -0.4 is 4.74 Å². The van der Waals surface area contributed by atoms with Crippen LogP contribution in [0.5, 0.6) is 5.75 Å². The van der Waals surface area contributed by atoms with Crippen LogP contribution >= 0.6 is 11.6 Å². The van der Waals surface area contributed by atoms with Crippen molar-refractivity contribution in [1.29, 1.82) is 0 Å². The van der Waals surface area contributed by atoms with Gasteiger partial charge in [-0.1, -0.05) is 29.8 Å². The molecule has 0 fully saturated rings. The first kappa shape index (κ1) is 14.5. The summed E-state index contributed by atoms with van der Waals surface area (Å²) in [6, 6.07) is 11.2. The molecule has 0 aliphatic carbocycles. The zero-order chi connectivity index (χ0) is 14.5. The van der Waals surface area contributed by atoms with Gasteiger partial charge >= 0.3 is 0 Å². The Labute approximate surface area is 122 Å². The van der Waals surface area contributed by atoms with Crippen LogP contribution in [0, 0.1) is 12.7 Å². The standard InChI is InChI=1S/C16H14ClFO2/c1-11-2-5-13(17)9-16(11)20-10-15(19)8-12-3-6-14(18)7-4-12/h2-7,9H,8,10H2,1H3. The Bertz CT molecular complexity index is 608. The summed E-state index contributed by atoms with van der Waals surface area (Å²) < 4.78 is 18.2. The number of Topliss-reactive ketones (excluding diaryl/α,β-unsaturated/α-hetero) is 1. The Hall–Kier alpha value is -1.87. The first-order valence-electron chi connectivity index (χ1n) is 6.19. The largest absolute Gasteiger partial charge is 0.485 e. The number of carbonyl (C=O) groups excluding carboxylic acids is 1. The fourth-order valence-electron chi connectivity index (χ4n) is 1.77. The topological polar surface area (TPSA) is 26.3 Å². The predicted octanol–water partition coefficient (Wildman–Crippen LogP) is 3.98. The molecule has 0 N–H and O–H groups in total. The minimum Gasteiger partial charge on any atom is -0.485 e. The second kappa shape index (κ2) is 6.53. The van der Waals surface area contributed by atoms with Crippen LogP contribution in [0.2, 0.25) is 5.02 Å². The van der Waals surface area contributed by atoms with Crippen molar-refractivity contribution >= 4 is 17.4 Å². The highest BCUT2D eigenvalue weighted by Crippen LogP contribution is 2.22. The van der Waals surface area contributed by atoms with E-state index < -0.39 is 0 Å². The molecule has 4 heteroatoms. The molecule has 0 aromatic heterocycles. The SMILES string of the molecule is Cc1ccc(Cl)cc1OCC(=O)Cc1ccc(F)cc1. The molecule has 0 atom stereocenters. The summed E-state index contributed by atoms with van der Waals surface area (Å²) in [6.07, 6.45) is 0.222. The third-order valence-electron chi connectivity index (χ3n) is 2.85. The van der Waals surface area contributed by atoms with E-state index in [1.54, 1.807) is 24.3 Å². The molecule has 0 amide bonds. The predicted molar refractivity (Wildman–Crippen MR) is 76.8 cm³/mol. The smallest absolute Gasteiger partial charge is 0.174 e. The molecule has 0 saturated heterocycles. The van der Waals surface area contributed by atoms with E-state index in [2.05, 4.69) is 0 Å². The summed E-state index contributed by atoms with van der Waals surface area (Å²) in [6.45, 7) is 1.86. The van der Waals surface area contributed by atoms with Crippen molar-refractivity contribution in [2.45, 2.75) is 13.3 Å².